The predicted molar refractivity (Wildman–Crippen MR) is 36.5 cm³/mol. The van der Waals surface area contributed by atoms with Gasteiger partial charge in [-0.25, -0.2) is 0 Å². The van der Waals surface area contributed by atoms with Crippen molar-refractivity contribution in [2.75, 3.05) is 0 Å². The SMILES string of the molecule is O=C1CC[C@H](O)[C@H]2C[C@@H]2C1. The van der Waals surface area contributed by atoms with Gasteiger partial charge in [0.25, 0.3) is 0 Å². The van der Waals surface area contributed by atoms with E-state index in [0.29, 0.717) is 30.5 Å². The molecule has 0 aliphatic heterocycles. The number of carbonyl (C=O) groups excluding carboxylic acids is 1. The maximum atomic E-state index is 11.0. The molecule has 0 aromatic heterocycles. The molecule has 0 bridgehead atoms. The maximum absolute atomic E-state index is 11.0. The van der Waals surface area contributed by atoms with Gasteiger partial charge < -0.3 is 5.11 Å². The summed E-state index contributed by atoms with van der Waals surface area (Å²) in [6.07, 6.45) is 2.97. The summed E-state index contributed by atoms with van der Waals surface area (Å²) in [5.74, 6) is 1.38. The second-order valence-electron chi connectivity index (χ2n) is 3.51. The maximum Gasteiger partial charge on any atom is 0.133 e. The highest BCUT2D eigenvalue weighted by atomic mass is 16.3. The summed E-state index contributed by atoms with van der Waals surface area (Å²) in [4.78, 5) is 11.0. The number of hydrogen-bond acceptors (Lipinski definition) is 2. The smallest absolute Gasteiger partial charge is 0.133 e. The van der Waals surface area contributed by atoms with Gasteiger partial charge in [0.05, 0.1) is 6.10 Å². The fourth-order valence-electron chi connectivity index (χ4n) is 1.89. The number of carbonyl (C=O) groups is 1. The van der Waals surface area contributed by atoms with Gasteiger partial charge in [-0.2, -0.15) is 0 Å². The van der Waals surface area contributed by atoms with Crippen molar-refractivity contribution in [3.05, 3.63) is 0 Å². The van der Waals surface area contributed by atoms with Gasteiger partial charge in [0.15, 0.2) is 0 Å². The van der Waals surface area contributed by atoms with Gasteiger partial charge in [-0.1, -0.05) is 0 Å². The zero-order valence-electron chi connectivity index (χ0n) is 5.92. The molecular weight excluding hydrogens is 128 g/mol. The lowest BCUT2D eigenvalue weighted by atomic mass is 10.1. The fourth-order valence-corrected chi connectivity index (χ4v) is 1.89. The summed E-state index contributed by atoms with van der Waals surface area (Å²) in [5.41, 5.74) is 0. The normalized spacial score (nSPS) is 46.1. The van der Waals surface area contributed by atoms with Crippen LogP contribution in [0, 0.1) is 11.8 Å². The highest BCUT2D eigenvalue weighted by molar-refractivity contribution is 5.79. The first-order valence-corrected chi connectivity index (χ1v) is 3.97. The second kappa shape index (κ2) is 2.06. The number of ketones is 1. The lowest BCUT2D eigenvalue weighted by Gasteiger charge is -2.03. The van der Waals surface area contributed by atoms with Crippen LogP contribution in [0.1, 0.15) is 25.7 Å². The van der Waals surface area contributed by atoms with Gasteiger partial charge in [-0.05, 0) is 24.7 Å². The Morgan fingerprint density at radius 3 is 3.10 bits per heavy atom. The van der Waals surface area contributed by atoms with E-state index in [1.54, 1.807) is 0 Å². The zero-order valence-corrected chi connectivity index (χ0v) is 5.92. The Bertz CT molecular complexity index is 165. The summed E-state index contributed by atoms with van der Waals surface area (Å²) in [7, 11) is 0. The van der Waals surface area contributed by atoms with Crippen molar-refractivity contribution in [1.82, 2.24) is 0 Å². The molecule has 2 saturated carbocycles. The van der Waals surface area contributed by atoms with Crippen LogP contribution in [0.5, 0.6) is 0 Å². The van der Waals surface area contributed by atoms with Gasteiger partial charge in [0, 0.05) is 12.8 Å². The van der Waals surface area contributed by atoms with E-state index >= 15 is 0 Å². The first-order chi connectivity index (χ1) is 4.77. The van der Waals surface area contributed by atoms with Gasteiger partial charge in [-0.3, -0.25) is 4.79 Å². The number of fused-ring (bicyclic) bond motifs is 1. The molecule has 1 N–H and O–H groups in total. The van der Waals surface area contributed by atoms with Gasteiger partial charge in [0.2, 0.25) is 0 Å². The Kier molecular flexibility index (Phi) is 1.31. The van der Waals surface area contributed by atoms with Crippen LogP contribution in [0.3, 0.4) is 0 Å². The minimum absolute atomic E-state index is 0.170. The zero-order chi connectivity index (χ0) is 7.14. The van der Waals surface area contributed by atoms with Crippen LogP contribution in [-0.2, 0) is 4.79 Å². The van der Waals surface area contributed by atoms with E-state index in [1.165, 1.54) is 0 Å². The van der Waals surface area contributed by atoms with Crippen LogP contribution >= 0.6 is 0 Å². The monoisotopic (exact) mass is 140 g/mol. The van der Waals surface area contributed by atoms with Gasteiger partial charge in [0.1, 0.15) is 5.78 Å². The Balaban J connectivity index is 2.03. The molecule has 2 fully saturated rings. The van der Waals surface area contributed by atoms with Crippen molar-refractivity contribution < 1.29 is 9.90 Å². The number of Topliss-reactive ketones (excluding diaryl/α,β-unsaturated/α-hetero) is 1. The standard InChI is InChI=1S/C8H12O2/c9-6-1-2-8(10)7-4-5(7)3-6/h5,7-8,10H,1-4H2/t5-,7-,8-/m0/s1. The lowest BCUT2D eigenvalue weighted by Crippen LogP contribution is -2.08. The summed E-state index contributed by atoms with van der Waals surface area (Å²) in [6, 6.07) is 0. The molecule has 2 aliphatic rings. The third-order valence-electron chi connectivity index (χ3n) is 2.68. The Morgan fingerprint density at radius 2 is 2.30 bits per heavy atom. The first-order valence-electron chi connectivity index (χ1n) is 3.97. The minimum Gasteiger partial charge on any atom is -0.393 e. The largest absolute Gasteiger partial charge is 0.393 e. The molecule has 3 atom stereocenters. The van der Waals surface area contributed by atoms with Crippen molar-refractivity contribution in [1.29, 1.82) is 0 Å². The van der Waals surface area contributed by atoms with E-state index in [9.17, 15) is 9.90 Å². The van der Waals surface area contributed by atoms with Gasteiger partial charge in [-0.15, -0.1) is 0 Å². The lowest BCUT2D eigenvalue weighted by molar-refractivity contribution is -0.119. The Morgan fingerprint density at radius 1 is 1.50 bits per heavy atom. The van der Waals surface area contributed by atoms with Crippen LogP contribution in [0.2, 0.25) is 0 Å². The quantitative estimate of drug-likeness (QED) is 0.538. The summed E-state index contributed by atoms with van der Waals surface area (Å²) >= 11 is 0. The highest BCUT2D eigenvalue weighted by Crippen LogP contribution is 2.47. The number of rotatable bonds is 0. The van der Waals surface area contributed by atoms with E-state index in [0.717, 1.165) is 12.8 Å². The third kappa shape index (κ3) is 0.966. The highest BCUT2D eigenvalue weighted by Gasteiger charge is 2.44. The number of aliphatic hydroxyl groups excluding tert-OH is 1. The van der Waals surface area contributed by atoms with Crippen LogP contribution in [0.25, 0.3) is 0 Å². The van der Waals surface area contributed by atoms with Gasteiger partial charge >= 0.3 is 0 Å². The molecule has 0 aromatic rings. The molecule has 0 radical (unpaired) electrons. The minimum atomic E-state index is -0.170. The van der Waals surface area contributed by atoms with E-state index < -0.39 is 0 Å². The topological polar surface area (TPSA) is 37.3 Å². The Hall–Kier alpha value is -0.370. The molecule has 2 heteroatoms. The Labute approximate surface area is 60.2 Å². The molecule has 0 spiro atoms. The summed E-state index contributed by atoms with van der Waals surface area (Å²) < 4.78 is 0. The van der Waals surface area contributed by atoms with Crippen molar-refractivity contribution in [2.45, 2.75) is 31.8 Å². The molecule has 0 aromatic carbocycles. The predicted octanol–water partition coefficient (Wildman–Crippen LogP) is 0.736. The van der Waals surface area contributed by atoms with E-state index in [1.807, 2.05) is 0 Å². The molecule has 0 saturated heterocycles. The molecule has 0 heterocycles. The molecule has 10 heavy (non-hydrogen) atoms. The van der Waals surface area contributed by atoms with Crippen LogP contribution in [0.4, 0.5) is 0 Å². The van der Waals surface area contributed by atoms with Crippen molar-refractivity contribution in [3.63, 3.8) is 0 Å². The van der Waals surface area contributed by atoms with E-state index in [-0.39, 0.29) is 6.10 Å². The van der Waals surface area contributed by atoms with Crippen molar-refractivity contribution in [2.24, 2.45) is 11.8 Å². The second-order valence-corrected chi connectivity index (χ2v) is 3.51. The average molecular weight is 140 g/mol. The third-order valence-corrected chi connectivity index (χ3v) is 2.68. The van der Waals surface area contributed by atoms with Crippen molar-refractivity contribution >= 4 is 5.78 Å². The summed E-state index contributed by atoms with van der Waals surface area (Å²) in [5, 5.41) is 9.36. The molecule has 56 valence electrons. The van der Waals surface area contributed by atoms with Crippen molar-refractivity contribution in [3.8, 4) is 0 Å². The number of hydrogen-bond donors (Lipinski definition) is 1. The molecule has 2 nitrogen and oxygen atoms in total. The molecule has 0 unspecified atom stereocenters. The van der Waals surface area contributed by atoms with Crippen LogP contribution in [0.15, 0.2) is 0 Å². The summed E-state index contributed by atoms with van der Waals surface area (Å²) in [6.45, 7) is 0. The molecule has 2 rings (SSSR count). The molecule has 0 amide bonds. The van der Waals surface area contributed by atoms with E-state index in [2.05, 4.69) is 0 Å². The molecule has 2 aliphatic carbocycles. The molecular formula is C8H12O2. The van der Waals surface area contributed by atoms with Crippen LogP contribution < -0.4 is 0 Å². The van der Waals surface area contributed by atoms with Crippen LogP contribution in [-0.4, -0.2) is 17.0 Å². The average Bonchev–Trinajstić information content (AvgIpc) is 2.60. The first kappa shape index (κ1) is 6.35. The fraction of sp³-hybridized carbons (Fsp3) is 0.875. The van der Waals surface area contributed by atoms with E-state index in [4.69, 9.17) is 0 Å². The number of aliphatic hydroxyl groups is 1.